The van der Waals surface area contributed by atoms with Crippen molar-refractivity contribution in [3.05, 3.63) is 48.5 Å². The summed E-state index contributed by atoms with van der Waals surface area (Å²) in [5.74, 6) is 0.173. The number of aliphatic hydroxyl groups excluding tert-OH is 2. The van der Waals surface area contributed by atoms with E-state index in [1.54, 1.807) is 35.8 Å². The first-order chi connectivity index (χ1) is 16.0. The lowest BCUT2D eigenvalue weighted by Crippen LogP contribution is -2.38. The van der Waals surface area contributed by atoms with Crippen molar-refractivity contribution < 1.29 is 29.2 Å². The fourth-order valence-corrected chi connectivity index (χ4v) is 3.70. The Bertz CT molecular complexity index is 1080. The van der Waals surface area contributed by atoms with Gasteiger partial charge in [-0.2, -0.15) is 0 Å². The number of hydrogen-bond acceptors (Lipinski definition) is 9. The van der Waals surface area contributed by atoms with Gasteiger partial charge in [0.1, 0.15) is 24.6 Å². The lowest BCUT2D eigenvalue weighted by atomic mass is 10.1. The van der Waals surface area contributed by atoms with E-state index in [4.69, 9.17) is 25.8 Å². The standard InChI is InChI=1S/C21H24ClN5O6/c1-12(31-8-7-22)32-17-16(29)14(9-28)33-21(17)27-11-25-15-18(23-10-24-19(15)27)26-20(30)13-5-3-2-4-6-13/h2-6,10-12,14,16-17,21,28-29H,7-9H2,1H3,(H,23,24,26,30). The Morgan fingerprint density at radius 2 is 2.09 bits per heavy atom. The molecule has 0 spiro atoms. The van der Waals surface area contributed by atoms with Crippen molar-refractivity contribution in [1.82, 2.24) is 19.5 Å². The highest BCUT2D eigenvalue weighted by molar-refractivity contribution is 6.17. The number of nitrogens with one attached hydrogen (secondary N) is 1. The number of carbonyl (C=O) groups excluding carboxylic acids is 1. The van der Waals surface area contributed by atoms with E-state index in [0.717, 1.165) is 0 Å². The minimum Gasteiger partial charge on any atom is -0.394 e. The summed E-state index contributed by atoms with van der Waals surface area (Å²) in [6, 6.07) is 8.71. The summed E-state index contributed by atoms with van der Waals surface area (Å²) in [4.78, 5) is 25.3. The number of benzene rings is 1. The summed E-state index contributed by atoms with van der Waals surface area (Å²) in [7, 11) is 0. The number of anilines is 1. The second-order valence-corrected chi connectivity index (χ2v) is 7.71. The highest BCUT2D eigenvalue weighted by Gasteiger charge is 2.46. The summed E-state index contributed by atoms with van der Waals surface area (Å²) >= 11 is 5.66. The molecular weight excluding hydrogens is 454 g/mol. The molecule has 33 heavy (non-hydrogen) atoms. The van der Waals surface area contributed by atoms with Gasteiger partial charge in [0.05, 0.1) is 19.5 Å². The number of aliphatic hydroxyl groups is 2. The van der Waals surface area contributed by atoms with Gasteiger partial charge in [0.25, 0.3) is 5.91 Å². The maximum absolute atomic E-state index is 12.6. The average molecular weight is 478 g/mol. The first-order valence-corrected chi connectivity index (χ1v) is 10.9. The van der Waals surface area contributed by atoms with Crippen LogP contribution in [0.5, 0.6) is 0 Å². The molecule has 5 atom stereocenters. The van der Waals surface area contributed by atoms with E-state index in [9.17, 15) is 15.0 Å². The molecule has 5 unspecified atom stereocenters. The Kier molecular flexibility index (Phi) is 7.48. The third kappa shape index (κ3) is 4.98. The molecule has 1 fully saturated rings. The highest BCUT2D eigenvalue weighted by Crippen LogP contribution is 2.35. The molecule has 1 aromatic carbocycles. The average Bonchev–Trinajstić information content (AvgIpc) is 3.40. The third-order valence-electron chi connectivity index (χ3n) is 5.17. The minimum absolute atomic E-state index is 0.223. The van der Waals surface area contributed by atoms with Gasteiger partial charge in [-0.05, 0) is 19.1 Å². The predicted molar refractivity (Wildman–Crippen MR) is 118 cm³/mol. The number of hydrogen-bond donors (Lipinski definition) is 3. The van der Waals surface area contributed by atoms with E-state index in [2.05, 4.69) is 20.3 Å². The van der Waals surface area contributed by atoms with Gasteiger partial charge in [-0.25, -0.2) is 15.0 Å². The molecule has 1 amide bonds. The Morgan fingerprint density at radius 1 is 1.30 bits per heavy atom. The fourth-order valence-electron chi connectivity index (χ4n) is 3.61. The van der Waals surface area contributed by atoms with Crippen LogP contribution in [0.1, 0.15) is 23.5 Å². The molecule has 0 bridgehead atoms. The van der Waals surface area contributed by atoms with Crippen molar-refractivity contribution in [3.8, 4) is 0 Å². The smallest absolute Gasteiger partial charge is 0.256 e. The maximum Gasteiger partial charge on any atom is 0.256 e. The van der Waals surface area contributed by atoms with Crippen molar-refractivity contribution in [2.24, 2.45) is 0 Å². The van der Waals surface area contributed by atoms with E-state index in [1.807, 2.05) is 6.07 Å². The summed E-state index contributed by atoms with van der Waals surface area (Å²) in [5.41, 5.74) is 1.15. The summed E-state index contributed by atoms with van der Waals surface area (Å²) in [5, 5.41) is 23.0. The number of amides is 1. The molecule has 1 aliphatic heterocycles. The van der Waals surface area contributed by atoms with Gasteiger partial charge >= 0.3 is 0 Å². The van der Waals surface area contributed by atoms with Crippen molar-refractivity contribution in [1.29, 1.82) is 0 Å². The molecule has 0 saturated carbocycles. The van der Waals surface area contributed by atoms with Crippen LogP contribution in [0.2, 0.25) is 0 Å². The second-order valence-electron chi connectivity index (χ2n) is 7.33. The van der Waals surface area contributed by atoms with Crippen molar-refractivity contribution in [2.75, 3.05) is 24.4 Å². The summed E-state index contributed by atoms with van der Waals surface area (Å²) < 4.78 is 18.7. The van der Waals surface area contributed by atoms with Crippen LogP contribution in [0, 0.1) is 0 Å². The Morgan fingerprint density at radius 3 is 2.82 bits per heavy atom. The molecule has 12 heteroatoms. The fraction of sp³-hybridized carbons (Fsp3) is 0.429. The van der Waals surface area contributed by atoms with Gasteiger partial charge in [-0.1, -0.05) is 18.2 Å². The third-order valence-corrected chi connectivity index (χ3v) is 5.33. The maximum atomic E-state index is 12.6. The molecule has 11 nitrogen and oxygen atoms in total. The van der Waals surface area contributed by atoms with Crippen LogP contribution >= 0.6 is 11.6 Å². The summed E-state index contributed by atoms with van der Waals surface area (Å²) in [6.07, 6.45) is -1.70. The predicted octanol–water partition coefficient (Wildman–Crippen LogP) is 1.32. The van der Waals surface area contributed by atoms with Crippen LogP contribution in [0.25, 0.3) is 11.2 Å². The zero-order valence-electron chi connectivity index (χ0n) is 17.7. The molecule has 1 aliphatic rings. The SMILES string of the molecule is CC(OCCCl)OC1C(O)C(CO)OC1n1cnc2c(NC(=O)c3ccccc3)ncnc21. The number of aromatic nitrogens is 4. The van der Waals surface area contributed by atoms with E-state index in [-0.39, 0.29) is 18.3 Å². The molecule has 1 saturated heterocycles. The zero-order chi connectivity index (χ0) is 23.4. The van der Waals surface area contributed by atoms with Crippen molar-refractivity contribution in [2.45, 2.75) is 37.8 Å². The van der Waals surface area contributed by atoms with Crippen LogP contribution in [0.3, 0.4) is 0 Å². The Hall–Kier alpha value is -2.67. The normalized spacial score (nSPS) is 23.6. The molecule has 176 valence electrons. The van der Waals surface area contributed by atoms with E-state index < -0.39 is 37.4 Å². The van der Waals surface area contributed by atoms with Gasteiger partial charge in [0.2, 0.25) is 0 Å². The second kappa shape index (κ2) is 10.5. The van der Waals surface area contributed by atoms with Gasteiger partial charge in [-0.15, -0.1) is 11.6 Å². The molecule has 2 aromatic heterocycles. The number of fused-ring (bicyclic) bond motifs is 1. The van der Waals surface area contributed by atoms with Crippen molar-refractivity contribution in [3.63, 3.8) is 0 Å². The molecule has 3 N–H and O–H groups in total. The molecule has 0 aliphatic carbocycles. The highest BCUT2D eigenvalue weighted by atomic mass is 35.5. The number of nitrogens with zero attached hydrogens (tertiary/aromatic N) is 4. The quantitative estimate of drug-likeness (QED) is 0.307. The number of halogens is 1. The largest absolute Gasteiger partial charge is 0.394 e. The van der Waals surface area contributed by atoms with Crippen LogP contribution in [0.4, 0.5) is 5.82 Å². The Labute approximate surface area is 194 Å². The molecule has 3 aromatic rings. The van der Waals surface area contributed by atoms with Crippen LogP contribution in [-0.4, -0.2) is 79.3 Å². The molecular formula is C21H24ClN5O6. The lowest BCUT2D eigenvalue weighted by Gasteiger charge is -2.25. The van der Waals surface area contributed by atoms with Crippen molar-refractivity contribution >= 4 is 34.5 Å². The van der Waals surface area contributed by atoms with Gasteiger partial charge < -0.3 is 29.7 Å². The molecule has 0 radical (unpaired) electrons. The number of rotatable bonds is 9. The van der Waals surface area contributed by atoms with E-state index >= 15 is 0 Å². The molecule has 3 heterocycles. The topological polar surface area (TPSA) is 141 Å². The Balaban J connectivity index is 1.61. The van der Waals surface area contributed by atoms with Gasteiger partial charge in [0.15, 0.2) is 29.5 Å². The van der Waals surface area contributed by atoms with Crippen LogP contribution < -0.4 is 5.32 Å². The number of carbonyl (C=O) groups is 1. The molecule has 4 rings (SSSR count). The number of ether oxygens (including phenoxy) is 3. The van der Waals surface area contributed by atoms with E-state index in [0.29, 0.717) is 22.6 Å². The number of imidazole rings is 1. The first kappa shape index (κ1) is 23.5. The lowest BCUT2D eigenvalue weighted by molar-refractivity contribution is -0.190. The van der Waals surface area contributed by atoms with Gasteiger partial charge in [-0.3, -0.25) is 9.36 Å². The monoisotopic (exact) mass is 477 g/mol. The van der Waals surface area contributed by atoms with Gasteiger partial charge in [0, 0.05) is 11.4 Å². The zero-order valence-corrected chi connectivity index (χ0v) is 18.5. The van der Waals surface area contributed by atoms with Crippen LogP contribution in [-0.2, 0) is 14.2 Å². The minimum atomic E-state index is -1.13. The summed E-state index contributed by atoms with van der Waals surface area (Å²) in [6.45, 7) is 1.54. The number of alkyl halides is 1. The first-order valence-electron chi connectivity index (χ1n) is 10.3. The van der Waals surface area contributed by atoms with E-state index in [1.165, 1.54) is 12.7 Å². The van der Waals surface area contributed by atoms with Crippen LogP contribution in [0.15, 0.2) is 43.0 Å².